The third kappa shape index (κ3) is 5.10. The monoisotopic (exact) mass is 439 g/mol. The quantitative estimate of drug-likeness (QED) is 0.308. The first-order valence-electron chi connectivity index (χ1n) is 9.17. The molecule has 0 spiro atoms. The number of carbonyl (C=O) groups is 3. The van der Waals surface area contributed by atoms with Crippen LogP contribution in [0.25, 0.3) is 0 Å². The number of hydrogen-bond acceptors (Lipinski definition) is 8. The summed E-state index contributed by atoms with van der Waals surface area (Å²) in [5.74, 6) is -1.48. The number of methoxy groups -OCH3 is 1. The number of hydrogen-bond donors (Lipinski definition) is 1. The summed E-state index contributed by atoms with van der Waals surface area (Å²) < 4.78 is 5.11. The molecule has 0 aromatic heterocycles. The fraction of sp³-hybridized carbons (Fsp3) is 0.190. The van der Waals surface area contributed by atoms with Crippen molar-refractivity contribution in [2.24, 2.45) is 15.9 Å². The number of aromatic carboxylic acids is 1. The minimum absolute atomic E-state index is 0.0461. The zero-order chi connectivity index (χ0) is 22.5. The lowest BCUT2D eigenvalue weighted by atomic mass is 10.1. The maximum atomic E-state index is 12.7. The topological polar surface area (TPSA) is 137 Å². The minimum Gasteiger partial charge on any atom is -0.545 e. The van der Waals surface area contributed by atoms with Gasteiger partial charge in [-0.25, -0.2) is 4.90 Å². The molecule has 1 aliphatic heterocycles. The van der Waals surface area contributed by atoms with Crippen LogP contribution in [-0.4, -0.2) is 41.0 Å². The summed E-state index contributed by atoms with van der Waals surface area (Å²) in [7, 11) is 1.58. The molecule has 1 atom stereocenters. The van der Waals surface area contributed by atoms with Gasteiger partial charge in [-0.15, -0.1) is 5.10 Å². The van der Waals surface area contributed by atoms with Gasteiger partial charge in [0.25, 0.3) is 0 Å². The highest BCUT2D eigenvalue weighted by Crippen LogP contribution is 2.30. The molecular weight excluding hydrogens is 420 g/mol. The summed E-state index contributed by atoms with van der Waals surface area (Å²) >= 11 is 0.953. The normalized spacial score (nSPS) is 17.2. The van der Waals surface area contributed by atoms with Crippen LogP contribution in [0.5, 0.6) is 5.75 Å². The fourth-order valence-electron chi connectivity index (χ4n) is 2.90. The van der Waals surface area contributed by atoms with E-state index in [1.165, 1.54) is 24.3 Å². The largest absolute Gasteiger partial charge is 0.545 e. The van der Waals surface area contributed by atoms with Crippen LogP contribution in [0.15, 0.2) is 58.7 Å². The Morgan fingerprint density at radius 2 is 1.71 bits per heavy atom. The molecule has 0 radical (unpaired) electrons. The number of carbonyl (C=O) groups excluding carboxylic acids is 3. The van der Waals surface area contributed by atoms with E-state index in [0.29, 0.717) is 5.71 Å². The van der Waals surface area contributed by atoms with Crippen molar-refractivity contribution in [3.05, 3.63) is 59.7 Å². The average molecular weight is 439 g/mol. The number of nitrogens with zero attached hydrogens (tertiary/aromatic N) is 3. The van der Waals surface area contributed by atoms with Crippen LogP contribution in [0.2, 0.25) is 0 Å². The lowest BCUT2D eigenvalue weighted by Gasteiger charge is -2.15. The van der Waals surface area contributed by atoms with Crippen LogP contribution in [0.1, 0.15) is 29.3 Å². The highest BCUT2D eigenvalue weighted by Gasteiger charge is 2.40. The number of rotatable bonds is 6. The molecule has 2 aromatic carbocycles. The summed E-state index contributed by atoms with van der Waals surface area (Å²) in [6.45, 7) is 1.77. The Labute approximate surface area is 182 Å². The highest BCUT2D eigenvalue weighted by molar-refractivity contribution is 8.14. The van der Waals surface area contributed by atoms with E-state index in [-0.39, 0.29) is 22.8 Å². The number of anilines is 1. The molecular formula is C21H19N4O5S-. The van der Waals surface area contributed by atoms with Crippen molar-refractivity contribution in [3.63, 3.8) is 0 Å². The standard InChI is InChI=1S/C21H20N4O5S/c1-12(13-5-9-16(30-2)10-6-13)23-24-21(22)31-17-11-18(26)25(19(17)27)15-7-3-14(4-8-15)20(28)29/h3-10,17H,11H2,1-2H3,(H2,22,24)(H,28,29)/p-1/b23-12-/t17-/m0/s1. The summed E-state index contributed by atoms with van der Waals surface area (Å²) in [6.07, 6.45) is -0.0524. The second-order valence-electron chi connectivity index (χ2n) is 6.56. The van der Waals surface area contributed by atoms with Gasteiger partial charge in [-0.2, -0.15) is 5.10 Å². The minimum atomic E-state index is -1.34. The number of imide groups is 1. The first-order valence-corrected chi connectivity index (χ1v) is 10.0. The van der Waals surface area contributed by atoms with Gasteiger partial charge in [0.1, 0.15) is 11.0 Å². The Morgan fingerprint density at radius 1 is 1.10 bits per heavy atom. The lowest BCUT2D eigenvalue weighted by molar-refractivity contribution is -0.255. The third-order valence-corrected chi connectivity index (χ3v) is 5.51. The summed E-state index contributed by atoms with van der Waals surface area (Å²) in [5.41, 5.74) is 7.59. The van der Waals surface area contributed by atoms with Crippen molar-refractivity contribution in [1.29, 1.82) is 0 Å². The molecule has 160 valence electrons. The van der Waals surface area contributed by atoms with Crippen molar-refractivity contribution in [2.75, 3.05) is 12.0 Å². The van der Waals surface area contributed by atoms with Crippen LogP contribution in [0, 0.1) is 0 Å². The van der Waals surface area contributed by atoms with Crippen LogP contribution < -0.4 is 20.5 Å². The molecule has 0 saturated carbocycles. The predicted molar refractivity (Wildman–Crippen MR) is 116 cm³/mol. The molecule has 1 fully saturated rings. The Morgan fingerprint density at radius 3 is 2.29 bits per heavy atom. The van der Waals surface area contributed by atoms with Gasteiger partial charge in [0.05, 0.1) is 24.5 Å². The van der Waals surface area contributed by atoms with Gasteiger partial charge in [-0.05, 0) is 54.4 Å². The molecule has 2 N–H and O–H groups in total. The van der Waals surface area contributed by atoms with Crippen molar-refractivity contribution in [1.82, 2.24) is 0 Å². The second-order valence-corrected chi connectivity index (χ2v) is 7.79. The van der Waals surface area contributed by atoms with Crippen LogP contribution in [-0.2, 0) is 9.59 Å². The zero-order valence-corrected chi connectivity index (χ0v) is 17.6. The van der Waals surface area contributed by atoms with Crippen molar-refractivity contribution in [3.8, 4) is 5.75 Å². The molecule has 1 saturated heterocycles. The van der Waals surface area contributed by atoms with E-state index in [9.17, 15) is 19.5 Å². The number of amidine groups is 1. The van der Waals surface area contributed by atoms with Crippen molar-refractivity contribution in [2.45, 2.75) is 18.6 Å². The smallest absolute Gasteiger partial charge is 0.247 e. The maximum Gasteiger partial charge on any atom is 0.247 e. The number of carboxylic acid groups (broad SMARTS) is 1. The molecule has 10 heteroatoms. The van der Waals surface area contributed by atoms with E-state index in [1.807, 2.05) is 12.1 Å². The molecule has 3 rings (SSSR count). The van der Waals surface area contributed by atoms with Gasteiger partial charge in [0, 0.05) is 6.42 Å². The van der Waals surface area contributed by atoms with E-state index in [2.05, 4.69) is 10.2 Å². The second kappa shape index (κ2) is 9.43. The van der Waals surface area contributed by atoms with Gasteiger partial charge in [0.2, 0.25) is 11.8 Å². The van der Waals surface area contributed by atoms with E-state index >= 15 is 0 Å². The number of carboxylic acids is 1. The Kier molecular flexibility index (Phi) is 6.71. The van der Waals surface area contributed by atoms with Crippen LogP contribution in [0.3, 0.4) is 0 Å². The first-order chi connectivity index (χ1) is 14.8. The highest BCUT2D eigenvalue weighted by atomic mass is 32.2. The Bertz CT molecular complexity index is 1060. The van der Waals surface area contributed by atoms with Crippen LogP contribution in [0.4, 0.5) is 5.69 Å². The predicted octanol–water partition coefficient (Wildman–Crippen LogP) is 1.16. The number of ether oxygens (including phenoxy) is 1. The van der Waals surface area contributed by atoms with Crippen molar-refractivity contribution >= 4 is 46.1 Å². The van der Waals surface area contributed by atoms with Crippen molar-refractivity contribution < 1.29 is 24.2 Å². The molecule has 1 heterocycles. The van der Waals surface area contributed by atoms with Crippen LogP contribution >= 0.6 is 11.8 Å². The molecule has 1 aliphatic rings. The first kappa shape index (κ1) is 22.0. The SMILES string of the molecule is COc1ccc(/C(C)=N\N=C(N)S[C@H]2CC(=O)N(c3ccc(C(=O)[O-])cc3)C2=O)cc1. The molecule has 0 bridgehead atoms. The fourth-order valence-corrected chi connectivity index (χ4v) is 3.71. The zero-order valence-electron chi connectivity index (χ0n) is 16.8. The van der Waals surface area contributed by atoms with Gasteiger partial charge < -0.3 is 20.4 Å². The van der Waals surface area contributed by atoms with E-state index in [1.54, 1.807) is 26.2 Å². The van der Waals surface area contributed by atoms with Gasteiger partial charge in [0.15, 0.2) is 5.17 Å². The van der Waals surface area contributed by atoms with Gasteiger partial charge in [-0.3, -0.25) is 9.59 Å². The molecule has 0 unspecified atom stereocenters. The summed E-state index contributed by atoms with van der Waals surface area (Å²) in [6, 6.07) is 12.6. The van der Waals surface area contributed by atoms with E-state index in [0.717, 1.165) is 28.0 Å². The average Bonchev–Trinajstić information content (AvgIpc) is 3.04. The molecule has 2 amide bonds. The lowest BCUT2D eigenvalue weighted by Crippen LogP contribution is -2.32. The summed E-state index contributed by atoms with van der Waals surface area (Å²) in [4.78, 5) is 36.9. The number of benzene rings is 2. The Balaban J connectivity index is 1.68. The summed E-state index contributed by atoms with van der Waals surface area (Å²) in [5, 5.41) is 18.2. The number of amides is 2. The van der Waals surface area contributed by atoms with E-state index < -0.39 is 23.0 Å². The molecule has 2 aromatic rings. The number of nitrogens with two attached hydrogens (primary N) is 1. The Hall–Kier alpha value is -3.66. The van der Waals surface area contributed by atoms with E-state index in [4.69, 9.17) is 10.5 Å². The van der Waals surface area contributed by atoms with Gasteiger partial charge in [-0.1, -0.05) is 23.9 Å². The molecule has 31 heavy (non-hydrogen) atoms. The maximum absolute atomic E-state index is 12.7. The number of thioether (sulfide) groups is 1. The molecule has 9 nitrogen and oxygen atoms in total. The third-order valence-electron chi connectivity index (χ3n) is 4.54. The molecule has 0 aliphatic carbocycles. The van der Waals surface area contributed by atoms with Gasteiger partial charge >= 0.3 is 0 Å².